The van der Waals surface area contributed by atoms with E-state index in [9.17, 15) is 9.59 Å². The fourth-order valence-corrected chi connectivity index (χ4v) is 1.59. The van der Waals surface area contributed by atoms with Gasteiger partial charge in [-0.3, -0.25) is 9.59 Å². The van der Waals surface area contributed by atoms with E-state index in [0.717, 1.165) is 5.70 Å². The minimum atomic E-state index is -0.271. The molecule has 24 heavy (non-hydrogen) atoms. The van der Waals surface area contributed by atoms with E-state index < -0.39 is 0 Å². The van der Waals surface area contributed by atoms with Crippen molar-refractivity contribution in [1.29, 1.82) is 0 Å². The summed E-state index contributed by atoms with van der Waals surface area (Å²) in [6.45, 7) is 18.6. The van der Waals surface area contributed by atoms with Crippen LogP contribution in [0.3, 0.4) is 0 Å². The van der Waals surface area contributed by atoms with Crippen LogP contribution in [0.25, 0.3) is 0 Å². The predicted octanol–water partition coefficient (Wildman–Crippen LogP) is 0.222. The van der Waals surface area contributed by atoms with Crippen molar-refractivity contribution >= 4 is 11.8 Å². The van der Waals surface area contributed by atoms with Crippen LogP contribution in [0.15, 0.2) is 24.6 Å². The number of carbonyl (C=O) groups excluding carboxylic acids is 2. The molecule has 0 saturated carbocycles. The molecule has 0 aliphatic heterocycles. The van der Waals surface area contributed by atoms with Gasteiger partial charge in [-0.2, -0.15) is 0 Å². The van der Waals surface area contributed by atoms with Crippen molar-refractivity contribution < 1.29 is 9.59 Å². The average Bonchev–Trinajstić information content (AvgIpc) is 2.44. The van der Waals surface area contributed by atoms with Gasteiger partial charge in [-0.25, -0.2) is 0 Å². The smallest absolute Gasteiger partial charge is 0.239 e. The zero-order valence-electron chi connectivity index (χ0n) is 15.6. The van der Waals surface area contributed by atoms with Crippen LogP contribution in [0.5, 0.6) is 0 Å². The van der Waals surface area contributed by atoms with E-state index >= 15 is 0 Å². The molecule has 0 saturated heterocycles. The summed E-state index contributed by atoms with van der Waals surface area (Å²) < 4.78 is 0. The first kappa shape index (κ1) is 22.0. The van der Waals surface area contributed by atoms with E-state index in [1.165, 1.54) is 0 Å². The van der Waals surface area contributed by atoms with Gasteiger partial charge in [-0.15, -0.1) is 0 Å². The number of amides is 2. The Labute approximate surface area is 145 Å². The average molecular weight is 339 g/mol. The summed E-state index contributed by atoms with van der Waals surface area (Å²) in [5, 5.41) is 14.6. The Morgan fingerprint density at radius 3 is 1.83 bits per heavy atom. The largest absolute Gasteiger partial charge is 0.379 e. The zero-order valence-corrected chi connectivity index (χ0v) is 15.6. The summed E-state index contributed by atoms with van der Waals surface area (Å²) in [6, 6.07) is 0.363. The molecule has 0 spiro atoms. The molecular weight excluding hydrogens is 306 g/mol. The highest BCUT2D eigenvalue weighted by Crippen LogP contribution is 1.97. The minimum absolute atomic E-state index is 0.120. The van der Waals surface area contributed by atoms with Crippen molar-refractivity contribution in [3.8, 4) is 0 Å². The van der Waals surface area contributed by atoms with Crippen LogP contribution in [-0.4, -0.2) is 49.6 Å². The topological polar surface area (TPSA) is 94.3 Å². The van der Waals surface area contributed by atoms with Crippen LogP contribution in [0.4, 0.5) is 0 Å². The fourth-order valence-electron chi connectivity index (χ4n) is 1.59. The Morgan fingerprint density at radius 2 is 1.33 bits per heavy atom. The molecule has 0 aliphatic carbocycles. The summed E-state index contributed by atoms with van der Waals surface area (Å²) in [5.41, 5.74) is 1.06. The molecule has 0 unspecified atom stereocenters. The molecule has 0 fully saturated rings. The fraction of sp³-hybridized carbons (Fsp3) is 0.647. The highest BCUT2D eigenvalue weighted by Gasteiger charge is 2.13. The summed E-state index contributed by atoms with van der Waals surface area (Å²) >= 11 is 0. The Hall–Kier alpha value is -2.02. The van der Waals surface area contributed by atoms with Gasteiger partial charge in [0.1, 0.15) is 0 Å². The Balaban J connectivity index is 3.84. The van der Waals surface area contributed by atoms with Crippen LogP contribution in [-0.2, 0) is 9.59 Å². The molecule has 7 heteroatoms. The summed E-state index contributed by atoms with van der Waals surface area (Å²) in [4.78, 5) is 23.4. The maximum absolute atomic E-state index is 11.7. The molecular formula is C17H33N5O2. The van der Waals surface area contributed by atoms with Crippen molar-refractivity contribution in [2.45, 2.75) is 46.2 Å². The normalized spacial score (nSPS) is 10.9. The van der Waals surface area contributed by atoms with Gasteiger partial charge < -0.3 is 26.6 Å². The van der Waals surface area contributed by atoms with Crippen LogP contribution in [0, 0.1) is 0 Å². The van der Waals surface area contributed by atoms with Crippen LogP contribution < -0.4 is 26.6 Å². The maximum atomic E-state index is 11.7. The lowest BCUT2D eigenvalue weighted by molar-refractivity contribution is -0.121. The standard InChI is InChI=1S/C17H33N5O2/c1-12(2)18-8-13(3)19-10-15(23)21-9-14(4)20-11-16(24)22-17(5,6)7/h12,18-20H,3-4,8-11H2,1-2,5-7H3,(H,21,23)(H,22,24). The van der Waals surface area contributed by atoms with Gasteiger partial charge >= 0.3 is 0 Å². The van der Waals surface area contributed by atoms with E-state index in [1.54, 1.807) is 0 Å². The maximum Gasteiger partial charge on any atom is 0.239 e. The summed E-state index contributed by atoms with van der Waals surface area (Å²) in [7, 11) is 0. The van der Waals surface area contributed by atoms with Crippen molar-refractivity contribution in [3.63, 3.8) is 0 Å². The van der Waals surface area contributed by atoms with E-state index in [-0.39, 0.29) is 37.0 Å². The Bertz CT molecular complexity index is 452. The lowest BCUT2D eigenvalue weighted by Gasteiger charge is -2.21. The first-order chi connectivity index (χ1) is 11.0. The van der Waals surface area contributed by atoms with Gasteiger partial charge in [0.15, 0.2) is 0 Å². The lowest BCUT2D eigenvalue weighted by atomic mass is 10.1. The third-order valence-corrected chi connectivity index (χ3v) is 2.73. The monoisotopic (exact) mass is 339 g/mol. The first-order valence-electron chi connectivity index (χ1n) is 8.14. The Kier molecular flexibility index (Phi) is 9.80. The van der Waals surface area contributed by atoms with Crippen LogP contribution in [0.2, 0.25) is 0 Å². The molecule has 0 radical (unpaired) electrons. The lowest BCUT2D eigenvalue weighted by Crippen LogP contribution is -2.45. The number of hydrogen-bond acceptors (Lipinski definition) is 5. The van der Waals surface area contributed by atoms with Crippen molar-refractivity contribution in [2.75, 3.05) is 26.2 Å². The van der Waals surface area contributed by atoms with Gasteiger partial charge in [0, 0.05) is 29.5 Å². The van der Waals surface area contributed by atoms with Crippen molar-refractivity contribution in [3.05, 3.63) is 24.6 Å². The molecule has 0 aliphatic rings. The van der Waals surface area contributed by atoms with Crippen molar-refractivity contribution in [2.24, 2.45) is 0 Å². The second-order valence-corrected chi connectivity index (χ2v) is 7.02. The van der Waals surface area contributed by atoms with Crippen LogP contribution in [0.1, 0.15) is 34.6 Å². The number of rotatable bonds is 11. The van der Waals surface area contributed by atoms with E-state index in [2.05, 4.69) is 39.7 Å². The molecule has 2 amide bonds. The molecule has 0 bridgehead atoms. The van der Waals surface area contributed by atoms with E-state index in [1.807, 2.05) is 34.6 Å². The summed E-state index contributed by atoms with van der Waals surface area (Å²) in [5.74, 6) is -0.284. The second kappa shape index (κ2) is 10.7. The zero-order chi connectivity index (χ0) is 18.8. The van der Waals surface area contributed by atoms with Gasteiger partial charge in [-0.05, 0) is 20.8 Å². The SMILES string of the molecule is C=C(CNC(=O)CNC(=C)CNC(C)C)NCC(=O)NC(C)(C)C. The molecule has 0 aromatic rings. The quantitative estimate of drug-likeness (QED) is 0.371. The van der Waals surface area contributed by atoms with Crippen LogP contribution >= 0.6 is 0 Å². The number of carbonyl (C=O) groups is 2. The van der Waals surface area contributed by atoms with Gasteiger partial charge in [0.05, 0.1) is 19.6 Å². The molecule has 0 atom stereocenters. The second-order valence-electron chi connectivity index (χ2n) is 7.02. The summed E-state index contributed by atoms with van der Waals surface area (Å²) in [6.07, 6.45) is 0. The molecule has 138 valence electrons. The Morgan fingerprint density at radius 1 is 0.833 bits per heavy atom. The molecule has 0 aromatic carbocycles. The molecule has 5 N–H and O–H groups in total. The first-order valence-corrected chi connectivity index (χ1v) is 8.14. The third-order valence-electron chi connectivity index (χ3n) is 2.73. The highest BCUT2D eigenvalue weighted by atomic mass is 16.2. The van der Waals surface area contributed by atoms with E-state index in [4.69, 9.17) is 0 Å². The molecule has 0 aromatic heterocycles. The molecule has 7 nitrogen and oxygen atoms in total. The number of nitrogens with one attached hydrogen (secondary N) is 5. The van der Waals surface area contributed by atoms with Gasteiger partial charge in [-0.1, -0.05) is 27.0 Å². The minimum Gasteiger partial charge on any atom is -0.379 e. The van der Waals surface area contributed by atoms with Gasteiger partial charge in [0.25, 0.3) is 0 Å². The third kappa shape index (κ3) is 13.6. The predicted molar refractivity (Wildman–Crippen MR) is 98.3 cm³/mol. The number of hydrogen-bond donors (Lipinski definition) is 5. The molecule has 0 rings (SSSR count). The highest BCUT2D eigenvalue weighted by molar-refractivity contribution is 5.79. The van der Waals surface area contributed by atoms with Crippen molar-refractivity contribution in [1.82, 2.24) is 26.6 Å². The van der Waals surface area contributed by atoms with E-state index in [0.29, 0.717) is 18.3 Å². The van der Waals surface area contributed by atoms with Gasteiger partial charge in [0.2, 0.25) is 11.8 Å². The molecule has 0 heterocycles.